The molecule has 0 saturated heterocycles. The molecular formula is C17H16BrNO. The van der Waals surface area contributed by atoms with E-state index in [4.69, 9.17) is 0 Å². The maximum atomic E-state index is 12.1. The van der Waals surface area contributed by atoms with Gasteiger partial charge in [0.1, 0.15) is 0 Å². The third-order valence-electron chi connectivity index (χ3n) is 2.94. The van der Waals surface area contributed by atoms with Gasteiger partial charge in [-0.05, 0) is 53.0 Å². The number of benzene rings is 2. The fourth-order valence-corrected chi connectivity index (χ4v) is 2.26. The molecule has 2 aromatic carbocycles. The van der Waals surface area contributed by atoms with Crippen LogP contribution < -0.4 is 5.32 Å². The molecule has 2 nitrogen and oxygen atoms in total. The van der Waals surface area contributed by atoms with Gasteiger partial charge < -0.3 is 5.32 Å². The van der Waals surface area contributed by atoms with Crippen LogP contribution in [0.3, 0.4) is 0 Å². The maximum Gasteiger partial charge on any atom is 0.262 e. The molecule has 0 atom stereocenters. The first-order chi connectivity index (χ1) is 9.56. The molecule has 0 unspecified atom stereocenters. The van der Waals surface area contributed by atoms with E-state index in [2.05, 4.69) is 21.2 Å². The van der Waals surface area contributed by atoms with E-state index in [0.29, 0.717) is 4.48 Å². The highest BCUT2D eigenvalue weighted by molar-refractivity contribution is 9.12. The van der Waals surface area contributed by atoms with Gasteiger partial charge in [-0.15, -0.1) is 0 Å². The SMILES string of the molecule is Cc1ccc(NC(=O)C(Br)=Cc2ccccc2)c(C)c1. The van der Waals surface area contributed by atoms with Crippen molar-refractivity contribution in [3.05, 3.63) is 69.7 Å². The summed E-state index contributed by atoms with van der Waals surface area (Å²) in [6.45, 7) is 4.02. The quantitative estimate of drug-likeness (QED) is 0.814. The van der Waals surface area contributed by atoms with Crippen molar-refractivity contribution in [2.45, 2.75) is 13.8 Å². The van der Waals surface area contributed by atoms with E-state index in [9.17, 15) is 4.79 Å². The summed E-state index contributed by atoms with van der Waals surface area (Å²) in [5.41, 5.74) is 4.05. The zero-order valence-electron chi connectivity index (χ0n) is 11.5. The van der Waals surface area contributed by atoms with Crippen molar-refractivity contribution >= 4 is 33.6 Å². The molecule has 2 rings (SSSR count). The number of hydrogen-bond donors (Lipinski definition) is 1. The summed E-state index contributed by atoms with van der Waals surface area (Å²) in [5.74, 6) is -0.152. The summed E-state index contributed by atoms with van der Waals surface area (Å²) >= 11 is 3.33. The van der Waals surface area contributed by atoms with Crippen molar-refractivity contribution in [3.8, 4) is 0 Å². The molecule has 0 saturated carbocycles. The molecular weight excluding hydrogens is 314 g/mol. The smallest absolute Gasteiger partial charge is 0.262 e. The summed E-state index contributed by atoms with van der Waals surface area (Å²) < 4.78 is 0.503. The Morgan fingerprint density at radius 1 is 1.10 bits per heavy atom. The van der Waals surface area contributed by atoms with E-state index in [1.54, 1.807) is 6.08 Å². The predicted octanol–water partition coefficient (Wildman–Crippen LogP) is 4.68. The molecule has 0 bridgehead atoms. The minimum Gasteiger partial charge on any atom is -0.321 e. The minimum atomic E-state index is -0.152. The first-order valence-corrected chi connectivity index (χ1v) is 7.16. The van der Waals surface area contributed by atoms with E-state index in [1.807, 2.05) is 62.4 Å². The third-order valence-corrected chi connectivity index (χ3v) is 3.53. The van der Waals surface area contributed by atoms with Gasteiger partial charge in [-0.25, -0.2) is 0 Å². The van der Waals surface area contributed by atoms with Gasteiger partial charge in [-0.1, -0.05) is 48.0 Å². The number of halogens is 1. The Hall–Kier alpha value is -1.87. The number of carbonyl (C=O) groups is 1. The summed E-state index contributed by atoms with van der Waals surface area (Å²) in [7, 11) is 0. The van der Waals surface area contributed by atoms with Crippen molar-refractivity contribution in [2.75, 3.05) is 5.32 Å². The molecule has 1 N–H and O–H groups in total. The number of rotatable bonds is 3. The van der Waals surface area contributed by atoms with E-state index in [1.165, 1.54) is 5.56 Å². The van der Waals surface area contributed by atoms with E-state index < -0.39 is 0 Å². The summed E-state index contributed by atoms with van der Waals surface area (Å²) in [6, 6.07) is 15.7. The lowest BCUT2D eigenvalue weighted by atomic mass is 10.1. The second kappa shape index (κ2) is 6.53. The first-order valence-electron chi connectivity index (χ1n) is 6.37. The van der Waals surface area contributed by atoms with Crippen LogP contribution in [-0.2, 0) is 4.79 Å². The molecule has 0 aliphatic heterocycles. The number of carbonyl (C=O) groups excluding carboxylic acids is 1. The Labute approximate surface area is 127 Å². The van der Waals surface area contributed by atoms with Gasteiger partial charge in [0, 0.05) is 5.69 Å². The number of anilines is 1. The van der Waals surface area contributed by atoms with Crippen LogP contribution in [0.2, 0.25) is 0 Å². The zero-order valence-corrected chi connectivity index (χ0v) is 13.1. The molecule has 1 amide bonds. The lowest BCUT2D eigenvalue weighted by molar-refractivity contribution is -0.112. The summed E-state index contributed by atoms with van der Waals surface area (Å²) in [4.78, 5) is 12.1. The van der Waals surface area contributed by atoms with Crippen LogP contribution in [0.5, 0.6) is 0 Å². The van der Waals surface area contributed by atoms with Gasteiger partial charge in [0.15, 0.2) is 0 Å². The van der Waals surface area contributed by atoms with Crippen molar-refractivity contribution in [1.82, 2.24) is 0 Å². The van der Waals surface area contributed by atoms with Gasteiger partial charge >= 0.3 is 0 Å². The van der Waals surface area contributed by atoms with Crippen LogP contribution in [-0.4, -0.2) is 5.91 Å². The minimum absolute atomic E-state index is 0.152. The second-order valence-electron chi connectivity index (χ2n) is 4.68. The molecule has 0 aromatic heterocycles. The van der Waals surface area contributed by atoms with Gasteiger partial charge in [0.05, 0.1) is 4.48 Å². The Kier molecular flexibility index (Phi) is 4.74. The Bertz CT molecular complexity index is 647. The average molecular weight is 330 g/mol. The lowest BCUT2D eigenvalue weighted by Gasteiger charge is -2.08. The van der Waals surface area contributed by atoms with Crippen LogP contribution in [0.4, 0.5) is 5.69 Å². The summed E-state index contributed by atoms with van der Waals surface area (Å²) in [6.07, 6.45) is 1.80. The van der Waals surface area contributed by atoms with Crippen LogP contribution in [0.25, 0.3) is 6.08 Å². The third kappa shape index (κ3) is 3.81. The molecule has 3 heteroatoms. The Morgan fingerprint density at radius 2 is 1.80 bits per heavy atom. The fourth-order valence-electron chi connectivity index (χ4n) is 1.90. The van der Waals surface area contributed by atoms with Gasteiger partial charge in [-0.3, -0.25) is 4.79 Å². The van der Waals surface area contributed by atoms with Crippen LogP contribution in [0.15, 0.2) is 53.0 Å². The van der Waals surface area contributed by atoms with Crippen molar-refractivity contribution in [1.29, 1.82) is 0 Å². The monoisotopic (exact) mass is 329 g/mol. The lowest BCUT2D eigenvalue weighted by Crippen LogP contribution is -2.12. The van der Waals surface area contributed by atoms with Crippen LogP contribution in [0, 0.1) is 13.8 Å². The molecule has 102 valence electrons. The number of hydrogen-bond acceptors (Lipinski definition) is 1. The highest BCUT2D eigenvalue weighted by Gasteiger charge is 2.08. The summed E-state index contributed by atoms with van der Waals surface area (Å²) in [5, 5.41) is 2.90. The number of nitrogens with one attached hydrogen (secondary N) is 1. The molecule has 0 aliphatic carbocycles. The fraction of sp³-hybridized carbons (Fsp3) is 0.118. The van der Waals surface area contributed by atoms with Crippen molar-refractivity contribution < 1.29 is 4.79 Å². The zero-order chi connectivity index (χ0) is 14.5. The molecule has 0 spiro atoms. The Morgan fingerprint density at radius 3 is 2.45 bits per heavy atom. The maximum absolute atomic E-state index is 12.1. The Balaban J connectivity index is 2.14. The highest BCUT2D eigenvalue weighted by Crippen LogP contribution is 2.19. The molecule has 0 heterocycles. The molecule has 0 radical (unpaired) electrons. The van der Waals surface area contributed by atoms with Crippen molar-refractivity contribution in [2.24, 2.45) is 0 Å². The number of amides is 1. The largest absolute Gasteiger partial charge is 0.321 e. The van der Waals surface area contributed by atoms with Crippen molar-refractivity contribution in [3.63, 3.8) is 0 Å². The van der Waals surface area contributed by atoms with Crippen LogP contribution >= 0.6 is 15.9 Å². The average Bonchev–Trinajstić information content (AvgIpc) is 2.43. The number of aryl methyl sites for hydroxylation is 2. The van der Waals surface area contributed by atoms with Crippen LogP contribution in [0.1, 0.15) is 16.7 Å². The standard InChI is InChI=1S/C17H16BrNO/c1-12-8-9-16(13(2)10-12)19-17(20)15(18)11-14-6-4-3-5-7-14/h3-11H,1-2H3,(H,19,20). The van der Waals surface area contributed by atoms with Gasteiger partial charge in [0.25, 0.3) is 5.91 Å². The molecule has 0 fully saturated rings. The van der Waals surface area contributed by atoms with Gasteiger partial charge in [0.2, 0.25) is 0 Å². The topological polar surface area (TPSA) is 29.1 Å². The highest BCUT2D eigenvalue weighted by atomic mass is 79.9. The van der Waals surface area contributed by atoms with E-state index in [0.717, 1.165) is 16.8 Å². The van der Waals surface area contributed by atoms with Gasteiger partial charge in [-0.2, -0.15) is 0 Å². The predicted molar refractivity (Wildman–Crippen MR) is 87.9 cm³/mol. The van der Waals surface area contributed by atoms with E-state index >= 15 is 0 Å². The molecule has 2 aromatic rings. The van der Waals surface area contributed by atoms with E-state index in [-0.39, 0.29) is 5.91 Å². The second-order valence-corrected chi connectivity index (χ2v) is 5.53. The normalized spacial score (nSPS) is 11.2. The molecule has 0 aliphatic rings. The first kappa shape index (κ1) is 14.5. The molecule has 20 heavy (non-hydrogen) atoms.